The second-order valence-electron chi connectivity index (χ2n) is 22.3. The molecular weight excluding hydrogens is 1070 g/mol. The number of methoxy groups -OCH3 is 1. The monoisotopic (exact) mass is 1140 g/mol. The molecule has 2 saturated heterocycles. The number of carbonyl (C=O) groups is 3. The van der Waals surface area contributed by atoms with Crippen molar-refractivity contribution in [1.82, 2.24) is 40.0 Å². The van der Waals surface area contributed by atoms with Crippen molar-refractivity contribution in [2.75, 3.05) is 108 Å². The van der Waals surface area contributed by atoms with E-state index in [9.17, 15) is 36.0 Å². The Labute approximate surface area is 471 Å². The molecule has 8 rings (SSSR count). The van der Waals surface area contributed by atoms with Gasteiger partial charge in [-0.15, -0.1) is 0 Å². The maximum absolute atomic E-state index is 14.3. The first kappa shape index (κ1) is 60.0. The van der Waals surface area contributed by atoms with Gasteiger partial charge in [-0.25, -0.2) is 18.2 Å². The van der Waals surface area contributed by atoms with E-state index in [1.807, 2.05) is 68.0 Å². The van der Waals surface area contributed by atoms with Crippen molar-refractivity contribution in [3.05, 3.63) is 119 Å². The molecule has 0 radical (unpaired) electrons. The number of alkyl halides is 3. The van der Waals surface area contributed by atoms with Gasteiger partial charge in [0.25, 0.3) is 5.91 Å². The van der Waals surface area contributed by atoms with Gasteiger partial charge in [-0.3, -0.25) is 29.3 Å². The molecule has 24 heteroatoms. The minimum Gasteiger partial charge on any atom is -0.492 e. The fraction of sp³-hybridized carbons (Fsp3) is 0.474. The molecule has 2 aromatic heterocycles. The quantitative estimate of drug-likeness (QED) is 0.0674. The zero-order chi connectivity index (χ0) is 58.3. The van der Waals surface area contributed by atoms with E-state index in [1.165, 1.54) is 18.2 Å². The first-order valence-corrected chi connectivity index (χ1v) is 28.7. The summed E-state index contributed by atoms with van der Waals surface area (Å²) in [5.74, 6) is 0.0736. The summed E-state index contributed by atoms with van der Waals surface area (Å²) >= 11 is 0. The van der Waals surface area contributed by atoms with E-state index in [4.69, 9.17) is 24.0 Å². The minimum atomic E-state index is -4.76. The average Bonchev–Trinajstić information content (AvgIpc) is 3.73. The van der Waals surface area contributed by atoms with Gasteiger partial charge < -0.3 is 39.5 Å². The van der Waals surface area contributed by atoms with Crippen molar-refractivity contribution >= 4 is 50.9 Å². The van der Waals surface area contributed by atoms with Gasteiger partial charge in [0.2, 0.25) is 11.9 Å². The van der Waals surface area contributed by atoms with Crippen molar-refractivity contribution in [1.29, 1.82) is 0 Å². The van der Waals surface area contributed by atoms with E-state index in [0.29, 0.717) is 82.1 Å². The lowest BCUT2D eigenvalue weighted by Crippen LogP contribution is -2.62. The van der Waals surface area contributed by atoms with E-state index in [0.717, 1.165) is 47.6 Å². The maximum Gasteiger partial charge on any atom is 0.421 e. The molecule has 2 fully saturated rings. The highest BCUT2D eigenvalue weighted by molar-refractivity contribution is 7.90. The van der Waals surface area contributed by atoms with Gasteiger partial charge in [0.15, 0.2) is 15.6 Å². The van der Waals surface area contributed by atoms with Crippen LogP contribution in [0.15, 0.2) is 96.2 Å². The molecule has 5 aromatic rings. The number of halogens is 3. The van der Waals surface area contributed by atoms with E-state index < -0.39 is 33.0 Å². The fourth-order valence-corrected chi connectivity index (χ4v) is 10.7. The average molecular weight is 1140 g/mol. The molecule has 0 unspecified atom stereocenters. The van der Waals surface area contributed by atoms with Gasteiger partial charge in [0.1, 0.15) is 29.3 Å². The zero-order valence-electron chi connectivity index (χ0n) is 47.0. The van der Waals surface area contributed by atoms with Crippen LogP contribution in [-0.4, -0.2) is 171 Å². The molecule has 0 saturated carbocycles. The van der Waals surface area contributed by atoms with Gasteiger partial charge in [0.05, 0.1) is 42.0 Å². The Hall–Kier alpha value is -7.12. The zero-order valence-corrected chi connectivity index (χ0v) is 47.8. The largest absolute Gasteiger partial charge is 0.492 e. The molecular formula is C57H72F3N11O9S. The molecule has 0 aliphatic carbocycles. The van der Waals surface area contributed by atoms with Gasteiger partial charge in [-0.2, -0.15) is 23.6 Å². The summed E-state index contributed by atoms with van der Waals surface area (Å²) in [6.07, 6.45) is -0.998. The summed E-state index contributed by atoms with van der Waals surface area (Å²) in [5, 5.41) is 5.53. The van der Waals surface area contributed by atoms with Crippen LogP contribution in [0, 0.1) is 0 Å². The van der Waals surface area contributed by atoms with Gasteiger partial charge >= 0.3 is 12.3 Å². The molecule has 3 aliphatic rings. The lowest BCUT2D eigenvalue weighted by Gasteiger charge is -2.45. The number of pyridine rings is 1. The van der Waals surface area contributed by atoms with Gasteiger partial charge in [-0.1, -0.05) is 44.2 Å². The number of fused-ring (bicyclic) bond motifs is 1. The standard InChI is InChI=1S/C57H72F3N11O9S/c1-38-32-69(43(36-77-7)33-70(38)54(74)79-55(2,3)4)35-50(73)71-37-56(5,6)51-47(71)28-40(30-61-51)26-41-13-9-10-15-48(41)78-25-24-67-20-22-68(23-21-67)34-49(72)66-80-44-18-16-42(17-19-44)64-53-63-31-46(57(58,59)60)52(65-53)62-29-39-12-11-14-45(27-39)81(8,75)76/h9-19,27-28,30-31,38,43H,20-26,29,32-37H2,1-8H3,(H,66,72)(H2,62,63,64,65)/t38-,43-/m1/s1. The molecule has 3 N–H and O–H groups in total. The third-order valence-electron chi connectivity index (χ3n) is 14.1. The topological polar surface area (TPSA) is 213 Å². The number of nitrogens with zero attached hydrogens (tertiary/aromatic N) is 8. The highest BCUT2D eigenvalue weighted by Crippen LogP contribution is 2.40. The molecule has 20 nitrogen and oxygen atoms in total. The van der Waals surface area contributed by atoms with Crippen molar-refractivity contribution in [3.8, 4) is 11.5 Å². The summed E-state index contributed by atoms with van der Waals surface area (Å²) in [6, 6.07) is 21.8. The van der Waals surface area contributed by atoms with E-state index in [-0.39, 0.29) is 65.9 Å². The Balaban J connectivity index is 0.774. The highest BCUT2D eigenvalue weighted by atomic mass is 32.2. The molecule has 81 heavy (non-hydrogen) atoms. The van der Waals surface area contributed by atoms with Crippen LogP contribution in [0.1, 0.15) is 69.5 Å². The number of sulfone groups is 1. The number of hydroxylamine groups is 1. The van der Waals surface area contributed by atoms with Crippen LogP contribution in [0.4, 0.5) is 41.1 Å². The lowest BCUT2D eigenvalue weighted by atomic mass is 9.91. The van der Waals surface area contributed by atoms with Crippen molar-refractivity contribution in [3.63, 3.8) is 0 Å². The van der Waals surface area contributed by atoms with E-state index in [2.05, 4.69) is 55.8 Å². The second kappa shape index (κ2) is 25.3. The van der Waals surface area contributed by atoms with Crippen LogP contribution in [0.25, 0.3) is 0 Å². The summed E-state index contributed by atoms with van der Waals surface area (Å²) in [4.78, 5) is 68.7. The van der Waals surface area contributed by atoms with Crippen LogP contribution in [-0.2, 0) is 53.5 Å². The first-order valence-electron chi connectivity index (χ1n) is 26.8. The SMILES string of the molecule is COC[C@H]1CN(C(=O)OC(C)(C)C)[C@H](C)CN1CC(=O)N1CC(C)(C)c2ncc(Cc3ccccc3OCCN3CCN(CC(=O)NOc4ccc(Nc5ncc(C(F)(F)F)c(NCc6cccc(S(C)(=O)=O)c6)n5)cc4)CC3)cc21. The molecule has 3 aliphatic heterocycles. The molecule has 0 spiro atoms. The highest BCUT2D eigenvalue weighted by Gasteiger charge is 2.43. The Morgan fingerprint density at radius 3 is 2.30 bits per heavy atom. The number of rotatable bonds is 20. The second-order valence-corrected chi connectivity index (χ2v) is 24.4. The third kappa shape index (κ3) is 16.1. The number of amides is 3. The smallest absolute Gasteiger partial charge is 0.421 e. The van der Waals surface area contributed by atoms with Crippen LogP contribution in [0.3, 0.4) is 0 Å². The minimum absolute atomic E-state index is 0.0382. The summed E-state index contributed by atoms with van der Waals surface area (Å²) < 4.78 is 83.2. The summed E-state index contributed by atoms with van der Waals surface area (Å²) in [5.41, 5.74) is 4.87. The number of hydrogen-bond donors (Lipinski definition) is 3. The van der Waals surface area contributed by atoms with Crippen LogP contribution in [0.5, 0.6) is 11.5 Å². The predicted octanol–water partition coefficient (Wildman–Crippen LogP) is 6.93. The Kier molecular flexibility index (Phi) is 18.8. The Morgan fingerprint density at radius 2 is 1.59 bits per heavy atom. The van der Waals surface area contributed by atoms with Crippen molar-refractivity contribution in [2.45, 2.75) is 88.7 Å². The van der Waals surface area contributed by atoms with Gasteiger partial charge in [0, 0.05) is 108 Å². The number of hydrogen-bond acceptors (Lipinski definition) is 17. The molecule has 2 atom stereocenters. The van der Waals surface area contributed by atoms with E-state index >= 15 is 0 Å². The molecule has 3 amide bonds. The first-order chi connectivity index (χ1) is 38.3. The number of ether oxygens (including phenoxy) is 3. The predicted molar refractivity (Wildman–Crippen MR) is 299 cm³/mol. The number of aromatic nitrogens is 3. The Bertz CT molecular complexity index is 3140. The van der Waals surface area contributed by atoms with Crippen molar-refractivity contribution in [2.24, 2.45) is 0 Å². The van der Waals surface area contributed by atoms with Crippen molar-refractivity contribution < 1.29 is 55.0 Å². The fourth-order valence-electron chi connectivity index (χ4n) is 9.99. The normalized spacial score (nSPS) is 18.0. The van der Waals surface area contributed by atoms with Crippen LogP contribution >= 0.6 is 0 Å². The maximum atomic E-state index is 14.3. The Morgan fingerprint density at radius 1 is 0.864 bits per heavy atom. The van der Waals surface area contributed by atoms with Crippen LogP contribution in [0.2, 0.25) is 0 Å². The number of carbonyl (C=O) groups excluding carboxylic acids is 3. The van der Waals surface area contributed by atoms with Crippen LogP contribution < -0.4 is 30.6 Å². The number of piperazine rings is 2. The molecule has 0 bridgehead atoms. The number of benzene rings is 3. The molecule has 436 valence electrons. The summed E-state index contributed by atoms with van der Waals surface area (Å²) in [6.45, 7) is 17.5. The molecule has 3 aromatic carbocycles. The van der Waals surface area contributed by atoms with E-state index in [1.54, 1.807) is 42.3 Å². The number of nitrogens with one attached hydrogen (secondary N) is 3. The summed E-state index contributed by atoms with van der Waals surface area (Å²) in [7, 11) is -1.90. The number of para-hydroxylation sites is 1. The van der Waals surface area contributed by atoms with Gasteiger partial charge in [-0.05, 0) is 92.9 Å². The lowest BCUT2D eigenvalue weighted by molar-refractivity contribution is -0.137. The third-order valence-corrected chi connectivity index (χ3v) is 15.2. The molecule has 5 heterocycles. The number of anilines is 4.